The lowest BCUT2D eigenvalue weighted by atomic mass is 9.87. The predicted molar refractivity (Wildman–Crippen MR) is 103 cm³/mol. The van der Waals surface area contributed by atoms with Gasteiger partial charge in [-0.3, -0.25) is 4.90 Å². The lowest BCUT2D eigenvalue weighted by Crippen LogP contribution is -2.41. The molecule has 0 N–H and O–H groups in total. The fourth-order valence-corrected chi connectivity index (χ4v) is 4.44. The van der Waals surface area contributed by atoms with E-state index in [1.165, 1.54) is 29.6 Å². The molecule has 0 unspecified atom stereocenters. The minimum Gasteiger partial charge on any atom is -0.336 e. The van der Waals surface area contributed by atoms with Gasteiger partial charge in [0.2, 0.25) is 0 Å². The smallest absolute Gasteiger partial charge is 0.0946 e. The first-order valence-corrected chi connectivity index (χ1v) is 9.39. The first-order valence-electron chi connectivity index (χ1n) is 9.39. The molecule has 3 aromatic rings. The largest absolute Gasteiger partial charge is 0.336 e. The maximum Gasteiger partial charge on any atom is 0.0946 e. The zero-order valence-electron chi connectivity index (χ0n) is 15.9. The third kappa shape index (κ3) is 3.27. The lowest BCUT2D eigenvalue weighted by molar-refractivity contribution is 0.0881. The second kappa shape index (κ2) is 7.21. The van der Waals surface area contributed by atoms with E-state index < -0.39 is 0 Å². The molecule has 0 spiro atoms. The molecule has 0 aromatic carbocycles. The van der Waals surface area contributed by atoms with Gasteiger partial charge in [-0.25, -0.2) is 9.50 Å². The standard InChI is InChI=1S/C20H28N6/c1-23(14-17-11-22-26-10-5-4-8-18(17)26)13-16-7-6-9-24(2)20(16)19-12-21-15-25(19)3/h4-5,8,10-12,15-16,20H,6-7,9,13-14H2,1-3H3/t16-,20+/m0/s1. The van der Waals surface area contributed by atoms with Gasteiger partial charge in [-0.2, -0.15) is 5.10 Å². The molecule has 3 aromatic heterocycles. The van der Waals surface area contributed by atoms with Crippen molar-refractivity contribution in [2.24, 2.45) is 13.0 Å². The van der Waals surface area contributed by atoms with Crippen molar-refractivity contribution < 1.29 is 0 Å². The number of likely N-dealkylation sites (tertiary alicyclic amines) is 1. The molecule has 26 heavy (non-hydrogen) atoms. The van der Waals surface area contributed by atoms with E-state index in [0.29, 0.717) is 12.0 Å². The van der Waals surface area contributed by atoms with Gasteiger partial charge in [0.25, 0.3) is 0 Å². The Morgan fingerprint density at radius 2 is 2.12 bits per heavy atom. The van der Waals surface area contributed by atoms with Crippen LogP contribution in [0.2, 0.25) is 0 Å². The van der Waals surface area contributed by atoms with Crippen LogP contribution in [0.5, 0.6) is 0 Å². The minimum absolute atomic E-state index is 0.433. The summed E-state index contributed by atoms with van der Waals surface area (Å²) in [4.78, 5) is 9.29. The first-order chi connectivity index (χ1) is 12.6. The summed E-state index contributed by atoms with van der Waals surface area (Å²) in [6.45, 7) is 3.15. The van der Waals surface area contributed by atoms with Crippen molar-refractivity contribution in [2.45, 2.75) is 25.4 Å². The number of nitrogens with zero attached hydrogens (tertiary/aromatic N) is 6. The second-order valence-corrected chi connectivity index (χ2v) is 7.65. The monoisotopic (exact) mass is 352 g/mol. The zero-order chi connectivity index (χ0) is 18.1. The van der Waals surface area contributed by atoms with E-state index in [-0.39, 0.29) is 0 Å². The molecule has 4 rings (SSSR count). The predicted octanol–water partition coefficient (Wildman–Crippen LogP) is 2.58. The Labute approximate surface area is 155 Å². The Balaban J connectivity index is 1.50. The number of pyridine rings is 1. The van der Waals surface area contributed by atoms with Gasteiger partial charge < -0.3 is 9.47 Å². The Morgan fingerprint density at radius 1 is 1.23 bits per heavy atom. The average molecular weight is 352 g/mol. The summed E-state index contributed by atoms with van der Waals surface area (Å²) in [5.41, 5.74) is 3.80. The number of imidazole rings is 1. The van der Waals surface area contributed by atoms with Crippen LogP contribution < -0.4 is 0 Å². The van der Waals surface area contributed by atoms with Crippen molar-refractivity contribution in [1.82, 2.24) is 29.0 Å². The molecule has 0 bridgehead atoms. The molecule has 0 saturated carbocycles. The summed E-state index contributed by atoms with van der Waals surface area (Å²) >= 11 is 0. The first kappa shape index (κ1) is 17.2. The molecular formula is C20H28N6. The van der Waals surface area contributed by atoms with Gasteiger partial charge in [-0.1, -0.05) is 6.07 Å². The highest BCUT2D eigenvalue weighted by atomic mass is 15.2. The van der Waals surface area contributed by atoms with Crippen LogP contribution in [0.25, 0.3) is 5.52 Å². The molecule has 6 heteroatoms. The molecule has 1 fully saturated rings. The van der Waals surface area contributed by atoms with Crippen LogP contribution in [0.15, 0.2) is 43.1 Å². The fourth-order valence-electron chi connectivity index (χ4n) is 4.44. The highest BCUT2D eigenvalue weighted by Gasteiger charge is 2.33. The molecule has 1 aliphatic rings. The molecule has 0 radical (unpaired) electrons. The van der Waals surface area contributed by atoms with E-state index in [9.17, 15) is 0 Å². The molecule has 4 heterocycles. The Hall–Kier alpha value is -2.18. The topological polar surface area (TPSA) is 41.6 Å². The van der Waals surface area contributed by atoms with Crippen molar-refractivity contribution in [2.75, 3.05) is 27.2 Å². The lowest BCUT2D eigenvalue weighted by Gasteiger charge is -2.40. The van der Waals surface area contributed by atoms with Crippen molar-refractivity contribution in [1.29, 1.82) is 0 Å². The van der Waals surface area contributed by atoms with E-state index in [0.717, 1.165) is 19.6 Å². The van der Waals surface area contributed by atoms with Gasteiger partial charge in [0.1, 0.15) is 0 Å². The van der Waals surface area contributed by atoms with Gasteiger partial charge in [0.15, 0.2) is 0 Å². The number of aromatic nitrogens is 4. The Kier molecular flexibility index (Phi) is 4.78. The summed E-state index contributed by atoms with van der Waals surface area (Å²) < 4.78 is 4.13. The van der Waals surface area contributed by atoms with Crippen molar-refractivity contribution in [3.63, 3.8) is 0 Å². The van der Waals surface area contributed by atoms with Crippen LogP contribution in [0, 0.1) is 5.92 Å². The summed E-state index contributed by atoms with van der Waals surface area (Å²) in [5, 5.41) is 4.47. The van der Waals surface area contributed by atoms with Crippen LogP contribution in [-0.4, -0.2) is 56.1 Å². The number of rotatable bonds is 5. The SMILES string of the molecule is CN(Cc1cnn2ccccc12)C[C@@H]1CCCN(C)[C@H]1c1cncn1C. The van der Waals surface area contributed by atoms with Crippen LogP contribution in [0.1, 0.15) is 30.1 Å². The minimum atomic E-state index is 0.433. The van der Waals surface area contributed by atoms with Gasteiger partial charge in [0.05, 0.1) is 29.8 Å². The average Bonchev–Trinajstić information content (AvgIpc) is 3.22. The number of aryl methyl sites for hydroxylation is 1. The summed E-state index contributed by atoms with van der Waals surface area (Å²) in [6.07, 6.45) is 10.5. The molecule has 2 atom stereocenters. The van der Waals surface area contributed by atoms with Gasteiger partial charge in [0, 0.05) is 38.1 Å². The Bertz CT molecular complexity index is 866. The quantitative estimate of drug-likeness (QED) is 0.708. The zero-order valence-corrected chi connectivity index (χ0v) is 15.9. The highest BCUT2D eigenvalue weighted by molar-refractivity contribution is 5.53. The summed E-state index contributed by atoms with van der Waals surface area (Å²) in [5.74, 6) is 0.607. The van der Waals surface area contributed by atoms with Crippen LogP contribution >= 0.6 is 0 Å². The molecule has 1 aliphatic heterocycles. The fraction of sp³-hybridized carbons (Fsp3) is 0.500. The van der Waals surface area contributed by atoms with Crippen molar-refractivity contribution >= 4 is 5.52 Å². The van der Waals surface area contributed by atoms with Crippen molar-refractivity contribution in [3.8, 4) is 0 Å². The van der Waals surface area contributed by atoms with Crippen LogP contribution in [0.4, 0.5) is 0 Å². The van der Waals surface area contributed by atoms with Gasteiger partial charge >= 0.3 is 0 Å². The van der Waals surface area contributed by atoms with E-state index in [1.807, 2.05) is 35.5 Å². The van der Waals surface area contributed by atoms with E-state index in [2.05, 4.69) is 57.7 Å². The Morgan fingerprint density at radius 3 is 2.92 bits per heavy atom. The van der Waals surface area contributed by atoms with E-state index in [4.69, 9.17) is 0 Å². The summed E-state index contributed by atoms with van der Waals surface area (Å²) in [7, 11) is 6.57. The maximum absolute atomic E-state index is 4.47. The molecule has 1 saturated heterocycles. The highest BCUT2D eigenvalue weighted by Crippen LogP contribution is 2.35. The second-order valence-electron chi connectivity index (χ2n) is 7.65. The third-order valence-electron chi connectivity index (χ3n) is 5.66. The van der Waals surface area contributed by atoms with Gasteiger partial charge in [-0.05, 0) is 51.5 Å². The van der Waals surface area contributed by atoms with E-state index >= 15 is 0 Å². The maximum atomic E-state index is 4.47. The summed E-state index contributed by atoms with van der Waals surface area (Å²) in [6, 6.07) is 6.67. The molecule has 138 valence electrons. The third-order valence-corrected chi connectivity index (χ3v) is 5.66. The number of hydrogen-bond acceptors (Lipinski definition) is 4. The van der Waals surface area contributed by atoms with E-state index in [1.54, 1.807) is 0 Å². The van der Waals surface area contributed by atoms with Crippen LogP contribution in [0.3, 0.4) is 0 Å². The number of piperidine rings is 1. The molecule has 6 nitrogen and oxygen atoms in total. The molecule has 0 amide bonds. The van der Waals surface area contributed by atoms with Crippen molar-refractivity contribution in [3.05, 3.63) is 54.4 Å². The molecular weight excluding hydrogens is 324 g/mol. The number of fused-ring (bicyclic) bond motifs is 1. The number of hydrogen-bond donors (Lipinski definition) is 0. The normalized spacial score (nSPS) is 21.7. The molecule has 0 aliphatic carbocycles. The van der Waals surface area contributed by atoms with Gasteiger partial charge in [-0.15, -0.1) is 0 Å². The van der Waals surface area contributed by atoms with Crippen LogP contribution in [-0.2, 0) is 13.6 Å².